The summed E-state index contributed by atoms with van der Waals surface area (Å²) >= 11 is 6.13. The van der Waals surface area contributed by atoms with Gasteiger partial charge in [-0.2, -0.15) is 0 Å². The average molecular weight is 254 g/mol. The highest BCUT2D eigenvalue weighted by Crippen LogP contribution is 2.21. The molecule has 3 heteroatoms. The number of hydrogen-bond donors (Lipinski definition) is 1. The Morgan fingerprint density at radius 2 is 2.18 bits per heavy atom. The molecule has 1 N–H and O–H groups in total. The number of benzene rings is 1. The van der Waals surface area contributed by atoms with Gasteiger partial charge in [0.1, 0.15) is 0 Å². The zero-order valence-electron chi connectivity index (χ0n) is 10.3. The van der Waals surface area contributed by atoms with Crippen LogP contribution in [0.2, 0.25) is 5.02 Å². The number of nitrogens with one attached hydrogen (secondary N) is 1. The highest BCUT2D eigenvalue weighted by atomic mass is 35.5. The number of methoxy groups -OCH3 is 1. The lowest BCUT2D eigenvalue weighted by Gasteiger charge is -2.29. The summed E-state index contributed by atoms with van der Waals surface area (Å²) in [7, 11) is 1.81. The monoisotopic (exact) mass is 253 g/mol. The van der Waals surface area contributed by atoms with Crippen molar-refractivity contribution in [2.75, 3.05) is 7.11 Å². The van der Waals surface area contributed by atoms with Gasteiger partial charge in [0.25, 0.3) is 0 Å². The van der Waals surface area contributed by atoms with Crippen LogP contribution < -0.4 is 5.32 Å². The first-order valence-electron chi connectivity index (χ1n) is 6.29. The highest BCUT2D eigenvalue weighted by Gasteiger charge is 2.21. The number of hydrogen-bond acceptors (Lipinski definition) is 2. The lowest BCUT2D eigenvalue weighted by molar-refractivity contribution is 0.0586. The molecular formula is C14H20ClNO. The van der Waals surface area contributed by atoms with Gasteiger partial charge in [0.05, 0.1) is 6.10 Å². The average Bonchev–Trinajstić information content (AvgIpc) is 2.38. The standard InChI is InChI=1S/C14H20ClNO/c1-17-13-7-4-6-12(9-13)16-10-11-5-2-3-8-14(11)15/h2-3,5,8,12-13,16H,4,6-7,9-10H2,1H3. The summed E-state index contributed by atoms with van der Waals surface area (Å²) in [6.07, 6.45) is 5.22. The second-order valence-corrected chi connectivity index (χ2v) is 5.10. The van der Waals surface area contributed by atoms with Gasteiger partial charge in [-0.1, -0.05) is 29.8 Å². The normalized spacial score (nSPS) is 24.8. The van der Waals surface area contributed by atoms with Crippen LogP contribution in [-0.2, 0) is 11.3 Å². The van der Waals surface area contributed by atoms with Crippen molar-refractivity contribution >= 4 is 11.6 Å². The van der Waals surface area contributed by atoms with E-state index in [0.29, 0.717) is 12.1 Å². The van der Waals surface area contributed by atoms with E-state index in [1.54, 1.807) is 7.11 Å². The fourth-order valence-electron chi connectivity index (χ4n) is 2.44. The molecule has 2 atom stereocenters. The zero-order chi connectivity index (χ0) is 12.1. The Kier molecular flexibility index (Phi) is 4.84. The van der Waals surface area contributed by atoms with E-state index in [1.165, 1.54) is 24.8 Å². The molecule has 1 aliphatic rings. The van der Waals surface area contributed by atoms with E-state index in [0.717, 1.165) is 18.0 Å². The molecule has 1 aliphatic carbocycles. The Morgan fingerprint density at radius 1 is 1.35 bits per heavy atom. The topological polar surface area (TPSA) is 21.3 Å². The lowest BCUT2D eigenvalue weighted by atomic mass is 9.92. The van der Waals surface area contributed by atoms with E-state index < -0.39 is 0 Å². The van der Waals surface area contributed by atoms with Gasteiger partial charge in [-0.3, -0.25) is 0 Å². The van der Waals surface area contributed by atoms with Crippen LogP contribution in [0.25, 0.3) is 0 Å². The molecule has 94 valence electrons. The van der Waals surface area contributed by atoms with Crippen molar-refractivity contribution in [2.24, 2.45) is 0 Å². The van der Waals surface area contributed by atoms with Crippen molar-refractivity contribution < 1.29 is 4.74 Å². The van der Waals surface area contributed by atoms with E-state index in [1.807, 2.05) is 18.2 Å². The molecule has 0 saturated heterocycles. The fraction of sp³-hybridized carbons (Fsp3) is 0.571. The fourth-order valence-corrected chi connectivity index (χ4v) is 2.64. The SMILES string of the molecule is COC1CCCC(NCc2ccccc2Cl)C1. The summed E-state index contributed by atoms with van der Waals surface area (Å²) in [5, 5.41) is 4.42. The van der Waals surface area contributed by atoms with E-state index in [4.69, 9.17) is 16.3 Å². The highest BCUT2D eigenvalue weighted by molar-refractivity contribution is 6.31. The van der Waals surface area contributed by atoms with Crippen molar-refractivity contribution in [3.8, 4) is 0 Å². The Hall–Kier alpha value is -0.570. The van der Waals surface area contributed by atoms with Gasteiger partial charge in [-0.05, 0) is 37.3 Å². The van der Waals surface area contributed by atoms with E-state index in [2.05, 4.69) is 11.4 Å². The summed E-state index contributed by atoms with van der Waals surface area (Å²) in [5.41, 5.74) is 1.17. The molecule has 0 spiro atoms. The molecule has 1 fully saturated rings. The smallest absolute Gasteiger partial charge is 0.0586 e. The molecule has 17 heavy (non-hydrogen) atoms. The number of rotatable bonds is 4. The molecule has 0 bridgehead atoms. The van der Waals surface area contributed by atoms with Crippen molar-refractivity contribution in [2.45, 2.75) is 44.4 Å². The van der Waals surface area contributed by atoms with Gasteiger partial charge >= 0.3 is 0 Å². The van der Waals surface area contributed by atoms with Gasteiger partial charge in [0.15, 0.2) is 0 Å². The maximum Gasteiger partial charge on any atom is 0.0586 e. The van der Waals surface area contributed by atoms with Gasteiger partial charge in [0, 0.05) is 24.7 Å². The molecule has 0 radical (unpaired) electrons. The summed E-state index contributed by atoms with van der Waals surface area (Å²) in [4.78, 5) is 0. The summed E-state index contributed by atoms with van der Waals surface area (Å²) in [5.74, 6) is 0. The third kappa shape index (κ3) is 3.70. The Balaban J connectivity index is 1.84. The first-order valence-corrected chi connectivity index (χ1v) is 6.67. The number of halogens is 1. The molecule has 1 saturated carbocycles. The first-order chi connectivity index (χ1) is 8.29. The van der Waals surface area contributed by atoms with Gasteiger partial charge in [-0.25, -0.2) is 0 Å². The third-order valence-corrected chi connectivity index (χ3v) is 3.87. The minimum absolute atomic E-state index is 0.424. The van der Waals surface area contributed by atoms with Crippen LogP contribution in [0.5, 0.6) is 0 Å². The van der Waals surface area contributed by atoms with Crippen molar-refractivity contribution in [1.29, 1.82) is 0 Å². The van der Waals surface area contributed by atoms with Crippen LogP contribution in [0.3, 0.4) is 0 Å². The molecule has 1 aromatic carbocycles. The van der Waals surface area contributed by atoms with Crippen LogP contribution in [0.4, 0.5) is 0 Å². The second kappa shape index (κ2) is 6.39. The largest absolute Gasteiger partial charge is 0.381 e. The minimum Gasteiger partial charge on any atom is -0.381 e. The van der Waals surface area contributed by atoms with Crippen LogP contribution in [-0.4, -0.2) is 19.3 Å². The lowest BCUT2D eigenvalue weighted by Crippen LogP contribution is -2.36. The van der Waals surface area contributed by atoms with Crippen molar-refractivity contribution in [1.82, 2.24) is 5.32 Å². The molecule has 2 rings (SSSR count). The van der Waals surface area contributed by atoms with Gasteiger partial charge < -0.3 is 10.1 Å². The quantitative estimate of drug-likeness (QED) is 0.888. The Morgan fingerprint density at radius 3 is 2.94 bits per heavy atom. The maximum absolute atomic E-state index is 6.13. The van der Waals surface area contributed by atoms with E-state index >= 15 is 0 Å². The summed E-state index contributed by atoms with van der Waals surface area (Å²) in [6.45, 7) is 0.848. The Bertz CT molecular complexity index is 356. The molecule has 0 amide bonds. The van der Waals surface area contributed by atoms with Gasteiger partial charge in [-0.15, -0.1) is 0 Å². The molecule has 0 aromatic heterocycles. The van der Waals surface area contributed by atoms with E-state index in [-0.39, 0.29) is 0 Å². The predicted octanol–water partition coefficient (Wildman–Crippen LogP) is 3.39. The maximum atomic E-state index is 6.13. The minimum atomic E-state index is 0.424. The summed E-state index contributed by atoms with van der Waals surface area (Å²) in [6, 6.07) is 8.57. The third-order valence-electron chi connectivity index (χ3n) is 3.50. The number of ether oxygens (including phenoxy) is 1. The van der Waals surface area contributed by atoms with Crippen molar-refractivity contribution in [3.05, 3.63) is 34.9 Å². The van der Waals surface area contributed by atoms with Crippen LogP contribution >= 0.6 is 11.6 Å². The summed E-state index contributed by atoms with van der Waals surface area (Å²) < 4.78 is 5.43. The van der Waals surface area contributed by atoms with Crippen molar-refractivity contribution in [3.63, 3.8) is 0 Å². The molecule has 0 aliphatic heterocycles. The van der Waals surface area contributed by atoms with Crippen LogP contribution in [0.15, 0.2) is 24.3 Å². The van der Waals surface area contributed by atoms with Crippen LogP contribution in [0.1, 0.15) is 31.2 Å². The zero-order valence-corrected chi connectivity index (χ0v) is 11.0. The van der Waals surface area contributed by atoms with E-state index in [9.17, 15) is 0 Å². The molecule has 0 heterocycles. The van der Waals surface area contributed by atoms with Gasteiger partial charge in [0.2, 0.25) is 0 Å². The first kappa shape index (κ1) is 12.9. The molecule has 2 nitrogen and oxygen atoms in total. The second-order valence-electron chi connectivity index (χ2n) is 4.69. The Labute approximate surface area is 108 Å². The molecular weight excluding hydrogens is 234 g/mol. The van der Waals surface area contributed by atoms with Crippen LogP contribution in [0, 0.1) is 0 Å². The molecule has 2 unspecified atom stereocenters. The molecule has 1 aromatic rings. The predicted molar refractivity (Wildman–Crippen MR) is 71.3 cm³/mol.